The molecule has 6 heavy (non-hydrogen) atoms. The molecule has 0 N–H and O–H groups in total. The second-order valence-corrected chi connectivity index (χ2v) is 1.27. The molecule has 0 aliphatic rings. The van der Waals surface area contributed by atoms with E-state index in [4.69, 9.17) is 0 Å². The zero-order valence-corrected chi connectivity index (χ0v) is 6.83. The van der Waals surface area contributed by atoms with Crippen LogP contribution in [0.3, 0.4) is 0 Å². The van der Waals surface area contributed by atoms with E-state index < -0.39 is 0 Å². The van der Waals surface area contributed by atoms with Gasteiger partial charge in [-0.25, -0.2) is 0 Å². The molecule has 36 valence electrons. The third-order valence-corrected chi connectivity index (χ3v) is 0.236. The van der Waals surface area contributed by atoms with Gasteiger partial charge in [-0.15, -0.1) is 5.92 Å². The average Bonchev–Trinajstić information content (AvgIpc) is 1.38. The van der Waals surface area contributed by atoms with Gasteiger partial charge in [0.25, 0.3) is 0 Å². The minimum atomic E-state index is 0. The largest absolute Gasteiger partial charge is 0.542 e. The Morgan fingerprint density at radius 2 is 1.67 bits per heavy atom. The molecule has 0 heterocycles. The first-order valence-electron chi connectivity index (χ1n) is 1.65. The molecule has 0 saturated heterocycles. The van der Waals surface area contributed by atoms with E-state index >= 15 is 0 Å². The Bertz CT molecular complexity index is 34.5. The van der Waals surface area contributed by atoms with Gasteiger partial charge in [-0.05, 0) is 0 Å². The van der Waals surface area contributed by atoms with Crippen molar-refractivity contribution in [1.82, 2.24) is 0 Å². The van der Waals surface area contributed by atoms with Crippen LogP contribution in [0.1, 0.15) is 13.8 Å². The number of rotatable bonds is 1. The molecule has 0 rings (SSSR count). The van der Waals surface area contributed by atoms with Gasteiger partial charge in [0, 0.05) is 21.1 Å². The maximum Gasteiger partial charge on any atom is 0 e. The molecular weight excluding hydrogens is 248 g/mol. The zero-order valence-electron chi connectivity index (χ0n) is 3.89. The summed E-state index contributed by atoms with van der Waals surface area (Å²) in [7, 11) is 0. The van der Waals surface area contributed by atoms with Gasteiger partial charge in [0.1, 0.15) is 0 Å². The Morgan fingerprint density at radius 1 is 1.50 bits per heavy atom. The van der Waals surface area contributed by atoms with Crippen LogP contribution in [0.4, 0.5) is 0 Å². The van der Waals surface area contributed by atoms with E-state index in [1.54, 1.807) is 20.1 Å². The number of carbonyl (C=O) groups excluding carboxylic acids is 1. The standard InChI is InChI=1S/C4H7O.W/c1-4(2)3-5;/h4H,1-2H3;/q-1;. The van der Waals surface area contributed by atoms with E-state index in [2.05, 4.69) is 0 Å². The summed E-state index contributed by atoms with van der Waals surface area (Å²) in [6.45, 7) is 3.60. The van der Waals surface area contributed by atoms with Gasteiger partial charge in [-0.3, -0.25) is 6.29 Å². The normalized spacial score (nSPS) is 7.17. The summed E-state index contributed by atoms with van der Waals surface area (Å²) in [5.41, 5.74) is 0. The molecule has 0 amide bonds. The monoisotopic (exact) mass is 255 g/mol. The summed E-state index contributed by atoms with van der Waals surface area (Å²) in [4.78, 5) is 9.38. The second kappa shape index (κ2) is 5.36. The van der Waals surface area contributed by atoms with Crippen LogP contribution in [0.25, 0.3) is 0 Å². The van der Waals surface area contributed by atoms with Crippen LogP contribution < -0.4 is 0 Å². The Morgan fingerprint density at radius 3 is 1.67 bits per heavy atom. The maximum atomic E-state index is 9.38. The molecule has 0 aliphatic heterocycles. The summed E-state index contributed by atoms with van der Waals surface area (Å²) in [6.07, 6.45) is 1.78. The minimum Gasteiger partial charge on any atom is -0.542 e. The first-order valence-corrected chi connectivity index (χ1v) is 1.65. The van der Waals surface area contributed by atoms with Crippen LogP contribution in [-0.4, -0.2) is 6.29 Å². The third kappa shape index (κ3) is 8.84. The van der Waals surface area contributed by atoms with E-state index in [0.29, 0.717) is 0 Å². The number of hydrogen-bond acceptors (Lipinski definition) is 1. The van der Waals surface area contributed by atoms with Crippen molar-refractivity contribution in [2.24, 2.45) is 5.92 Å². The average molecular weight is 255 g/mol. The predicted octanol–water partition coefficient (Wildman–Crippen LogP) is 0.750. The Labute approximate surface area is 52.4 Å². The first kappa shape index (κ1) is 9.61. The van der Waals surface area contributed by atoms with E-state index in [1.165, 1.54) is 0 Å². The molecule has 2 heteroatoms. The fourth-order valence-corrected chi connectivity index (χ4v) is 0. The molecule has 0 aliphatic carbocycles. The molecule has 0 saturated carbocycles. The van der Waals surface area contributed by atoms with Crippen molar-refractivity contribution in [1.29, 1.82) is 0 Å². The van der Waals surface area contributed by atoms with Crippen molar-refractivity contribution in [2.75, 3.05) is 0 Å². The van der Waals surface area contributed by atoms with Crippen LogP contribution in [0.5, 0.6) is 0 Å². The van der Waals surface area contributed by atoms with E-state index in [0.717, 1.165) is 0 Å². The van der Waals surface area contributed by atoms with Crippen molar-refractivity contribution >= 4 is 6.29 Å². The van der Waals surface area contributed by atoms with Gasteiger partial charge in [-0.2, -0.15) is 0 Å². The van der Waals surface area contributed by atoms with Crippen molar-refractivity contribution < 1.29 is 25.9 Å². The SMILES string of the molecule is CC(C)[C-]=O.[W]. The maximum absolute atomic E-state index is 9.38. The molecule has 0 aromatic rings. The van der Waals surface area contributed by atoms with Crippen LogP contribution in [-0.2, 0) is 25.9 Å². The van der Waals surface area contributed by atoms with E-state index in [1.807, 2.05) is 0 Å². The molecule has 1 nitrogen and oxygen atoms in total. The van der Waals surface area contributed by atoms with E-state index in [9.17, 15) is 4.79 Å². The first-order chi connectivity index (χ1) is 2.27. The van der Waals surface area contributed by atoms with Gasteiger partial charge >= 0.3 is 0 Å². The summed E-state index contributed by atoms with van der Waals surface area (Å²) in [5.74, 6) is 0.0787. The summed E-state index contributed by atoms with van der Waals surface area (Å²) < 4.78 is 0. The van der Waals surface area contributed by atoms with Gasteiger partial charge in [-0.1, -0.05) is 13.8 Å². The Hall–Kier alpha value is 0.358. The molecular formula is C4H7OW-. The molecule has 0 radical (unpaired) electrons. The molecule has 0 atom stereocenters. The topological polar surface area (TPSA) is 17.1 Å². The van der Waals surface area contributed by atoms with E-state index in [-0.39, 0.29) is 27.0 Å². The Kier molecular flexibility index (Phi) is 8.58. The molecule has 0 aromatic heterocycles. The van der Waals surface area contributed by atoms with Gasteiger partial charge in [0.2, 0.25) is 0 Å². The van der Waals surface area contributed by atoms with Crippen molar-refractivity contribution in [3.8, 4) is 0 Å². The summed E-state index contributed by atoms with van der Waals surface area (Å²) in [6, 6.07) is 0. The second-order valence-electron chi connectivity index (χ2n) is 1.27. The Balaban J connectivity index is 0. The van der Waals surface area contributed by atoms with Crippen LogP contribution in [0.15, 0.2) is 0 Å². The minimum absolute atomic E-state index is 0. The van der Waals surface area contributed by atoms with Crippen molar-refractivity contribution in [3.05, 3.63) is 0 Å². The predicted molar refractivity (Wildman–Crippen MR) is 20.5 cm³/mol. The molecule has 0 bridgehead atoms. The zero-order chi connectivity index (χ0) is 4.28. The van der Waals surface area contributed by atoms with Crippen LogP contribution in [0.2, 0.25) is 0 Å². The smallest absolute Gasteiger partial charge is 0 e. The molecule has 0 fully saturated rings. The quantitative estimate of drug-likeness (QED) is 0.632. The summed E-state index contributed by atoms with van der Waals surface area (Å²) in [5, 5.41) is 0. The van der Waals surface area contributed by atoms with Gasteiger partial charge in [0.15, 0.2) is 0 Å². The van der Waals surface area contributed by atoms with Gasteiger partial charge in [0.05, 0.1) is 0 Å². The molecule has 0 aromatic carbocycles. The summed E-state index contributed by atoms with van der Waals surface area (Å²) >= 11 is 0. The van der Waals surface area contributed by atoms with Crippen molar-refractivity contribution in [2.45, 2.75) is 13.8 Å². The van der Waals surface area contributed by atoms with Crippen molar-refractivity contribution in [3.63, 3.8) is 0 Å². The van der Waals surface area contributed by atoms with Gasteiger partial charge < -0.3 is 4.79 Å². The molecule has 0 unspecified atom stereocenters. The number of hydrogen-bond donors (Lipinski definition) is 0. The third-order valence-electron chi connectivity index (χ3n) is 0.236. The fraction of sp³-hybridized carbons (Fsp3) is 0.750. The van der Waals surface area contributed by atoms with Crippen LogP contribution in [0, 0.1) is 5.92 Å². The fourth-order valence-electron chi connectivity index (χ4n) is 0. The molecule has 0 spiro atoms. The van der Waals surface area contributed by atoms with Crippen LogP contribution >= 0.6 is 0 Å².